The minimum absolute atomic E-state index is 0.0734. The molecular weight excluding hydrogens is 350 g/mol. The number of rotatable bonds is 4. The van der Waals surface area contributed by atoms with Gasteiger partial charge in [0.1, 0.15) is 5.76 Å². The van der Waals surface area contributed by atoms with Crippen molar-refractivity contribution in [3.63, 3.8) is 0 Å². The van der Waals surface area contributed by atoms with Crippen LogP contribution < -0.4 is 5.32 Å². The summed E-state index contributed by atoms with van der Waals surface area (Å²) < 4.78 is 28.8. The van der Waals surface area contributed by atoms with Crippen LogP contribution in [0.1, 0.15) is 46.1 Å². The Bertz CT molecular complexity index is 857. The van der Waals surface area contributed by atoms with Crippen LogP contribution in [-0.4, -0.2) is 29.2 Å². The first-order chi connectivity index (χ1) is 10.9. The number of anilines is 1. The van der Waals surface area contributed by atoms with Crippen molar-refractivity contribution in [2.45, 2.75) is 56.0 Å². The second kappa shape index (κ2) is 5.96. The Morgan fingerprint density at radius 3 is 2.33 bits per heavy atom. The Morgan fingerprint density at radius 1 is 1.25 bits per heavy atom. The van der Waals surface area contributed by atoms with Gasteiger partial charge in [0, 0.05) is 22.6 Å². The third-order valence-electron chi connectivity index (χ3n) is 3.54. The first-order valence-electron chi connectivity index (χ1n) is 7.31. The molecule has 1 amide bonds. The molecule has 0 fully saturated rings. The third-order valence-corrected chi connectivity index (χ3v) is 7.32. The second-order valence-corrected chi connectivity index (χ2v) is 10.6. The van der Waals surface area contributed by atoms with E-state index in [-0.39, 0.29) is 15.6 Å². The number of hydrogen-bond donors (Lipinski definition) is 1. The molecule has 0 unspecified atom stereocenters. The van der Waals surface area contributed by atoms with E-state index >= 15 is 0 Å². The topological polar surface area (TPSA) is 102 Å². The Kier molecular flexibility index (Phi) is 4.62. The molecule has 2 heterocycles. The molecule has 0 aromatic carbocycles. The molecule has 1 N–H and O–H groups in total. The van der Waals surface area contributed by atoms with Gasteiger partial charge in [0.25, 0.3) is 0 Å². The average molecular weight is 371 g/mol. The van der Waals surface area contributed by atoms with Crippen LogP contribution in [0.5, 0.6) is 0 Å². The number of thiazole rings is 1. The number of carbonyl (C=O) groups is 1. The fourth-order valence-electron chi connectivity index (χ4n) is 1.75. The van der Waals surface area contributed by atoms with Crippen molar-refractivity contribution in [2.75, 3.05) is 5.32 Å². The van der Waals surface area contributed by atoms with Gasteiger partial charge in [-0.25, -0.2) is 13.4 Å². The molecule has 132 valence electrons. The number of sulfone groups is 1. The Balaban J connectivity index is 2.26. The average Bonchev–Trinajstić information content (AvgIpc) is 3.07. The van der Waals surface area contributed by atoms with Crippen LogP contribution in [0, 0.1) is 6.92 Å². The summed E-state index contributed by atoms with van der Waals surface area (Å²) in [6.07, 6.45) is 0. The molecule has 2 aromatic heterocycles. The van der Waals surface area contributed by atoms with Crippen LogP contribution in [0.2, 0.25) is 0 Å². The molecule has 0 aliphatic carbocycles. The standard InChI is InChI=1S/C15H21N3O4S2/c1-9-8-23-13(16-9)24(20,21)15(5,6)12(19)17-11-7-10(22-18-11)14(2,3)4/h7-8H,1-6H3,(H,17,18,19). The van der Waals surface area contributed by atoms with Crippen LogP contribution in [-0.2, 0) is 20.0 Å². The Hall–Kier alpha value is -1.74. The van der Waals surface area contributed by atoms with Gasteiger partial charge in [-0.3, -0.25) is 4.79 Å². The smallest absolute Gasteiger partial charge is 0.246 e. The van der Waals surface area contributed by atoms with E-state index < -0.39 is 20.5 Å². The van der Waals surface area contributed by atoms with Gasteiger partial charge >= 0.3 is 0 Å². The van der Waals surface area contributed by atoms with E-state index in [1.165, 1.54) is 13.8 Å². The van der Waals surface area contributed by atoms with E-state index in [1.54, 1.807) is 18.4 Å². The normalized spacial score (nSPS) is 13.1. The molecule has 0 aliphatic heterocycles. The zero-order chi connectivity index (χ0) is 18.3. The molecule has 7 nitrogen and oxygen atoms in total. The monoisotopic (exact) mass is 371 g/mol. The van der Waals surface area contributed by atoms with E-state index in [4.69, 9.17) is 4.52 Å². The van der Waals surface area contributed by atoms with Crippen molar-refractivity contribution in [2.24, 2.45) is 0 Å². The summed E-state index contributed by atoms with van der Waals surface area (Å²) in [5.41, 5.74) is 0.330. The van der Waals surface area contributed by atoms with E-state index in [9.17, 15) is 13.2 Å². The molecule has 0 bridgehead atoms. The summed E-state index contributed by atoms with van der Waals surface area (Å²) in [7, 11) is -3.92. The first kappa shape index (κ1) is 18.6. The van der Waals surface area contributed by atoms with Gasteiger partial charge in [-0.1, -0.05) is 25.9 Å². The summed E-state index contributed by atoms with van der Waals surface area (Å²) >= 11 is 1.00. The fraction of sp³-hybridized carbons (Fsp3) is 0.533. The number of carbonyl (C=O) groups excluding carboxylic acids is 1. The van der Waals surface area contributed by atoms with Gasteiger partial charge < -0.3 is 9.84 Å². The summed E-state index contributed by atoms with van der Waals surface area (Å²) in [6.45, 7) is 10.2. The SMILES string of the molecule is Cc1csc(S(=O)(=O)C(C)(C)C(=O)Nc2cc(C(C)(C)C)on2)n1. The van der Waals surface area contributed by atoms with Crippen LogP contribution in [0.15, 0.2) is 20.3 Å². The van der Waals surface area contributed by atoms with E-state index in [0.29, 0.717) is 11.5 Å². The van der Waals surface area contributed by atoms with Crippen molar-refractivity contribution in [1.29, 1.82) is 0 Å². The molecule has 2 aromatic rings. The summed E-state index contributed by atoms with van der Waals surface area (Å²) in [6, 6.07) is 1.59. The highest BCUT2D eigenvalue weighted by molar-refractivity contribution is 7.95. The third kappa shape index (κ3) is 3.36. The van der Waals surface area contributed by atoms with E-state index in [0.717, 1.165) is 11.3 Å². The molecule has 0 atom stereocenters. The summed E-state index contributed by atoms with van der Waals surface area (Å²) in [5.74, 6) is 0.0849. The zero-order valence-corrected chi connectivity index (χ0v) is 16.1. The second-order valence-electron chi connectivity index (χ2n) is 7.05. The lowest BCUT2D eigenvalue weighted by Gasteiger charge is -2.21. The summed E-state index contributed by atoms with van der Waals surface area (Å²) in [5, 5.41) is 7.92. The largest absolute Gasteiger partial charge is 0.359 e. The number of nitrogens with one attached hydrogen (secondary N) is 1. The molecule has 24 heavy (non-hydrogen) atoms. The van der Waals surface area contributed by atoms with Crippen LogP contribution in [0.3, 0.4) is 0 Å². The van der Waals surface area contributed by atoms with Crippen LogP contribution >= 0.6 is 11.3 Å². The molecule has 9 heteroatoms. The molecule has 0 saturated heterocycles. The van der Waals surface area contributed by atoms with Crippen molar-refractivity contribution in [3.05, 3.63) is 22.9 Å². The van der Waals surface area contributed by atoms with Crippen LogP contribution in [0.25, 0.3) is 0 Å². The quantitative estimate of drug-likeness (QED) is 0.886. The highest BCUT2D eigenvalue weighted by atomic mass is 32.2. The molecular formula is C15H21N3O4S2. The number of hydrogen-bond acceptors (Lipinski definition) is 7. The highest BCUT2D eigenvalue weighted by Crippen LogP contribution is 2.30. The van der Waals surface area contributed by atoms with Gasteiger partial charge in [-0.05, 0) is 20.8 Å². The maximum absolute atomic E-state index is 12.7. The first-order valence-corrected chi connectivity index (χ1v) is 9.67. The maximum Gasteiger partial charge on any atom is 0.246 e. The molecule has 0 aliphatic rings. The fourth-order valence-corrected chi connectivity index (χ4v) is 4.54. The predicted octanol–water partition coefficient (Wildman–Crippen LogP) is 2.93. The number of nitrogens with zero attached hydrogens (tertiary/aromatic N) is 2. The minimum atomic E-state index is -3.92. The van der Waals surface area contributed by atoms with Gasteiger partial charge in [0.05, 0.1) is 0 Å². The summed E-state index contributed by atoms with van der Waals surface area (Å²) in [4.78, 5) is 16.5. The van der Waals surface area contributed by atoms with Gasteiger partial charge in [-0.2, -0.15) is 0 Å². The Morgan fingerprint density at radius 2 is 1.88 bits per heavy atom. The Labute approximate surface area is 145 Å². The lowest BCUT2D eigenvalue weighted by Crippen LogP contribution is -2.44. The molecule has 0 spiro atoms. The predicted molar refractivity (Wildman–Crippen MR) is 91.9 cm³/mol. The lowest BCUT2D eigenvalue weighted by atomic mass is 9.93. The molecule has 2 rings (SSSR count). The zero-order valence-electron chi connectivity index (χ0n) is 14.5. The lowest BCUT2D eigenvalue weighted by molar-refractivity contribution is -0.117. The van der Waals surface area contributed by atoms with Gasteiger partial charge in [-0.15, -0.1) is 11.3 Å². The highest BCUT2D eigenvalue weighted by Gasteiger charge is 2.45. The number of aryl methyl sites for hydroxylation is 1. The number of aromatic nitrogens is 2. The molecule has 0 radical (unpaired) electrons. The van der Waals surface area contributed by atoms with E-state index in [2.05, 4.69) is 15.5 Å². The van der Waals surface area contributed by atoms with Crippen molar-refractivity contribution in [3.8, 4) is 0 Å². The van der Waals surface area contributed by atoms with E-state index in [1.807, 2.05) is 20.8 Å². The van der Waals surface area contributed by atoms with Crippen molar-refractivity contribution >= 4 is 32.9 Å². The minimum Gasteiger partial charge on any atom is -0.359 e. The maximum atomic E-state index is 12.7. The number of amides is 1. The van der Waals surface area contributed by atoms with Gasteiger partial charge in [0.15, 0.2) is 10.6 Å². The van der Waals surface area contributed by atoms with Gasteiger partial charge in [0.2, 0.25) is 20.1 Å². The van der Waals surface area contributed by atoms with Crippen molar-refractivity contribution < 1.29 is 17.7 Å². The molecule has 0 saturated carbocycles. The van der Waals surface area contributed by atoms with Crippen LogP contribution in [0.4, 0.5) is 5.82 Å². The van der Waals surface area contributed by atoms with Crippen molar-refractivity contribution in [1.82, 2.24) is 10.1 Å².